The van der Waals surface area contributed by atoms with Gasteiger partial charge in [-0.1, -0.05) is 18.5 Å². The zero-order valence-corrected chi connectivity index (χ0v) is 12.4. The number of halogens is 1. The second-order valence-corrected chi connectivity index (χ2v) is 5.11. The van der Waals surface area contributed by atoms with Crippen molar-refractivity contribution in [1.82, 2.24) is 14.3 Å². The average Bonchev–Trinajstić information content (AvgIpc) is 2.44. The van der Waals surface area contributed by atoms with Crippen molar-refractivity contribution >= 4 is 23.2 Å². The Morgan fingerprint density at radius 1 is 1.48 bits per heavy atom. The summed E-state index contributed by atoms with van der Waals surface area (Å²) in [4.78, 5) is 29.0. The van der Waals surface area contributed by atoms with Gasteiger partial charge in [-0.3, -0.25) is 18.9 Å². The first-order valence-electron chi connectivity index (χ1n) is 6.61. The Hall–Kier alpha value is -1.92. The summed E-state index contributed by atoms with van der Waals surface area (Å²) in [5, 5.41) is 9.20. The van der Waals surface area contributed by atoms with Gasteiger partial charge in [-0.15, -0.1) is 0 Å². The van der Waals surface area contributed by atoms with Crippen LogP contribution in [0.25, 0.3) is 5.65 Å². The largest absolute Gasteiger partial charge is 0.481 e. The fourth-order valence-corrected chi connectivity index (χ4v) is 2.20. The molecule has 0 amide bonds. The van der Waals surface area contributed by atoms with Crippen LogP contribution in [0.2, 0.25) is 5.02 Å². The number of fused-ring (bicyclic) bond motifs is 1. The maximum atomic E-state index is 12.0. The molecule has 0 aliphatic rings. The molecule has 0 aromatic carbocycles. The van der Waals surface area contributed by atoms with Gasteiger partial charge in [0.2, 0.25) is 0 Å². The summed E-state index contributed by atoms with van der Waals surface area (Å²) in [6.07, 6.45) is 1.59. The van der Waals surface area contributed by atoms with E-state index in [4.69, 9.17) is 16.7 Å². The normalized spacial score (nSPS) is 11.2. The molecule has 2 rings (SSSR count). The lowest BCUT2D eigenvalue weighted by molar-refractivity contribution is -0.137. The monoisotopic (exact) mass is 309 g/mol. The van der Waals surface area contributed by atoms with Gasteiger partial charge in [0.05, 0.1) is 17.1 Å². The van der Waals surface area contributed by atoms with E-state index in [-0.39, 0.29) is 12.0 Å². The highest BCUT2D eigenvalue weighted by Crippen LogP contribution is 2.09. The van der Waals surface area contributed by atoms with Gasteiger partial charge in [-0.2, -0.15) is 0 Å². The van der Waals surface area contributed by atoms with E-state index in [1.54, 1.807) is 12.1 Å². The Labute approximate surface area is 126 Å². The van der Waals surface area contributed by atoms with E-state index in [9.17, 15) is 9.59 Å². The minimum Gasteiger partial charge on any atom is -0.481 e. The molecule has 0 saturated carbocycles. The maximum Gasteiger partial charge on any atom is 0.304 e. The van der Waals surface area contributed by atoms with Crippen LogP contribution in [0, 0.1) is 0 Å². The van der Waals surface area contributed by atoms with Crippen molar-refractivity contribution in [2.45, 2.75) is 19.9 Å². The molecule has 0 saturated heterocycles. The lowest BCUT2D eigenvalue weighted by atomic mass is 10.3. The summed E-state index contributed by atoms with van der Waals surface area (Å²) in [6, 6.07) is 4.81. The Kier molecular flexibility index (Phi) is 4.93. The molecule has 2 heterocycles. The van der Waals surface area contributed by atoms with Gasteiger partial charge in [-0.25, -0.2) is 4.98 Å². The molecule has 21 heavy (non-hydrogen) atoms. The van der Waals surface area contributed by atoms with E-state index >= 15 is 0 Å². The smallest absolute Gasteiger partial charge is 0.304 e. The molecule has 0 spiro atoms. The third kappa shape index (κ3) is 4.03. The van der Waals surface area contributed by atoms with Crippen molar-refractivity contribution in [2.24, 2.45) is 0 Å². The highest BCUT2D eigenvalue weighted by molar-refractivity contribution is 6.30. The van der Waals surface area contributed by atoms with Crippen LogP contribution in [0.5, 0.6) is 0 Å². The van der Waals surface area contributed by atoms with Crippen LogP contribution < -0.4 is 5.56 Å². The van der Waals surface area contributed by atoms with Crippen LogP contribution in [0.4, 0.5) is 0 Å². The molecule has 0 aliphatic heterocycles. The lowest BCUT2D eigenvalue weighted by Crippen LogP contribution is -2.27. The van der Waals surface area contributed by atoms with Crippen molar-refractivity contribution in [3.63, 3.8) is 0 Å². The summed E-state index contributed by atoms with van der Waals surface area (Å²) >= 11 is 5.86. The van der Waals surface area contributed by atoms with Gasteiger partial charge in [0.1, 0.15) is 5.65 Å². The topological polar surface area (TPSA) is 74.9 Å². The predicted molar refractivity (Wildman–Crippen MR) is 79.7 cm³/mol. The fraction of sp³-hybridized carbons (Fsp3) is 0.357. The molecular weight excluding hydrogens is 294 g/mol. The van der Waals surface area contributed by atoms with Crippen LogP contribution in [0.15, 0.2) is 29.2 Å². The highest BCUT2D eigenvalue weighted by Gasteiger charge is 2.09. The summed E-state index contributed by atoms with van der Waals surface area (Å²) in [6.45, 7) is 3.50. The van der Waals surface area contributed by atoms with Crippen LogP contribution in [-0.2, 0) is 11.3 Å². The van der Waals surface area contributed by atoms with Gasteiger partial charge in [0.25, 0.3) is 5.56 Å². The second-order valence-electron chi connectivity index (χ2n) is 4.67. The highest BCUT2D eigenvalue weighted by atomic mass is 35.5. The number of carbonyl (C=O) groups is 1. The van der Waals surface area contributed by atoms with Gasteiger partial charge < -0.3 is 5.11 Å². The van der Waals surface area contributed by atoms with Crippen LogP contribution in [0.1, 0.15) is 19.0 Å². The number of nitrogens with zero attached hydrogens (tertiary/aromatic N) is 3. The van der Waals surface area contributed by atoms with E-state index in [0.717, 1.165) is 0 Å². The average molecular weight is 310 g/mol. The van der Waals surface area contributed by atoms with Crippen molar-refractivity contribution in [3.8, 4) is 0 Å². The van der Waals surface area contributed by atoms with Crippen molar-refractivity contribution < 1.29 is 9.90 Å². The quantitative estimate of drug-likeness (QED) is 0.878. The minimum absolute atomic E-state index is 0.0655. The van der Waals surface area contributed by atoms with Crippen molar-refractivity contribution in [1.29, 1.82) is 0 Å². The van der Waals surface area contributed by atoms with Crippen molar-refractivity contribution in [3.05, 3.63) is 45.5 Å². The predicted octanol–water partition coefficient (Wildman–Crippen LogP) is 1.64. The maximum absolute atomic E-state index is 12.0. The molecule has 2 aromatic rings. The first-order valence-corrected chi connectivity index (χ1v) is 6.99. The molecule has 0 aliphatic carbocycles. The third-order valence-corrected chi connectivity index (χ3v) is 3.37. The first-order chi connectivity index (χ1) is 9.99. The van der Waals surface area contributed by atoms with Crippen LogP contribution in [-0.4, -0.2) is 38.4 Å². The molecule has 0 bridgehead atoms. The second kappa shape index (κ2) is 6.69. The first kappa shape index (κ1) is 15.5. The zero-order valence-electron chi connectivity index (χ0n) is 11.6. The summed E-state index contributed by atoms with van der Waals surface area (Å²) in [7, 11) is 0. The molecule has 0 atom stereocenters. The number of hydrogen-bond acceptors (Lipinski definition) is 4. The molecule has 1 N–H and O–H groups in total. The molecule has 2 aromatic heterocycles. The van der Waals surface area contributed by atoms with Gasteiger partial charge in [0.15, 0.2) is 0 Å². The van der Waals surface area contributed by atoms with E-state index in [1.165, 1.54) is 16.7 Å². The standard InChI is InChI=1S/C14H16ClN3O3/c1-2-17(6-5-14(20)21)9-11-7-13(19)18-8-10(15)3-4-12(18)16-11/h3-4,7-8H,2,5-6,9H2,1H3,(H,20,21). The molecule has 0 radical (unpaired) electrons. The minimum atomic E-state index is -0.838. The number of carboxylic acid groups (broad SMARTS) is 1. The Morgan fingerprint density at radius 3 is 2.90 bits per heavy atom. The fourth-order valence-electron chi connectivity index (χ4n) is 2.04. The molecule has 6 nitrogen and oxygen atoms in total. The molecule has 112 valence electrons. The molecule has 0 unspecified atom stereocenters. The van der Waals surface area contributed by atoms with Crippen LogP contribution >= 0.6 is 11.6 Å². The lowest BCUT2D eigenvalue weighted by Gasteiger charge is -2.18. The van der Waals surface area contributed by atoms with Gasteiger partial charge in [-0.05, 0) is 18.7 Å². The SMILES string of the molecule is CCN(CCC(=O)O)Cc1cc(=O)n2cc(Cl)ccc2n1. The summed E-state index contributed by atoms with van der Waals surface area (Å²) < 4.78 is 1.39. The number of rotatable bonds is 6. The number of aliphatic carboxylic acids is 1. The summed E-state index contributed by atoms with van der Waals surface area (Å²) in [5.74, 6) is -0.838. The number of aromatic nitrogens is 2. The van der Waals surface area contributed by atoms with E-state index in [1.807, 2.05) is 11.8 Å². The Morgan fingerprint density at radius 2 is 2.24 bits per heavy atom. The van der Waals surface area contributed by atoms with Gasteiger partial charge in [0, 0.05) is 25.4 Å². The van der Waals surface area contributed by atoms with E-state index in [0.29, 0.717) is 36.0 Å². The molecule has 7 heteroatoms. The Bertz CT molecular complexity index is 714. The van der Waals surface area contributed by atoms with E-state index < -0.39 is 5.97 Å². The summed E-state index contributed by atoms with van der Waals surface area (Å²) in [5.41, 5.74) is 0.942. The number of pyridine rings is 1. The van der Waals surface area contributed by atoms with Gasteiger partial charge >= 0.3 is 5.97 Å². The van der Waals surface area contributed by atoms with Crippen LogP contribution in [0.3, 0.4) is 0 Å². The number of hydrogen-bond donors (Lipinski definition) is 1. The molecular formula is C14H16ClN3O3. The zero-order chi connectivity index (χ0) is 15.4. The van der Waals surface area contributed by atoms with Crippen molar-refractivity contribution in [2.75, 3.05) is 13.1 Å². The Balaban J connectivity index is 2.24. The number of carboxylic acids is 1. The van der Waals surface area contributed by atoms with E-state index in [2.05, 4.69) is 4.98 Å². The third-order valence-electron chi connectivity index (χ3n) is 3.15. The molecule has 0 fully saturated rings.